The van der Waals surface area contributed by atoms with Gasteiger partial charge in [0.1, 0.15) is 5.75 Å². The summed E-state index contributed by atoms with van der Waals surface area (Å²) in [6.45, 7) is 0.594. The molecule has 4 rings (SSSR count). The molecule has 0 atom stereocenters. The summed E-state index contributed by atoms with van der Waals surface area (Å²) in [6, 6.07) is 19.6. The van der Waals surface area contributed by atoms with Crippen LogP contribution >= 0.6 is 0 Å². The first-order valence-electron chi connectivity index (χ1n) is 10.7. The SMILES string of the molecule is COc1ccc(N(C)S(=O)(=O)c2cccc(C(=O)Nc3ccccc3N3CCCC3=O)c2)cc1. The molecule has 1 aliphatic heterocycles. The van der Waals surface area contributed by atoms with Crippen LogP contribution in [0.4, 0.5) is 17.1 Å². The molecule has 2 amide bonds. The molecule has 1 saturated heterocycles. The van der Waals surface area contributed by atoms with Gasteiger partial charge in [0.25, 0.3) is 15.9 Å². The molecule has 0 unspecified atom stereocenters. The molecule has 0 aliphatic carbocycles. The number of nitrogens with zero attached hydrogens (tertiary/aromatic N) is 2. The van der Waals surface area contributed by atoms with E-state index in [4.69, 9.17) is 4.74 Å². The van der Waals surface area contributed by atoms with Crippen molar-refractivity contribution in [2.45, 2.75) is 17.7 Å². The number of amides is 2. The molecule has 1 N–H and O–H groups in total. The monoisotopic (exact) mass is 479 g/mol. The maximum atomic E-state index is 13.2. The van der Waals surface area contributed by atoms with Crippen molar-refractivity contribution in [2.75, 3.05) is 35.2 Å². The standard InChI is InChI=1S/C25H25N3O5S/c1-27(19-12-14-20(33-2)15-13-19)34(31,32)21-8-5-7-18(17-21)25(30)26-22-9-3-4-10-23(22)28-16-6-11-24(28)29/h3-5,7-10,12-15,17H,6,11,16H2,1-2H3,(H,26,30). The lowest BCUT2D eigenvalue weighted by atomic mass is 10.2. The van der Waals surface area contributed by atoms with Crippen molar-refractivity contribution in [3.05, 3.63) is 78.4 Å². The third-order valence-corrected chi connectivity index (χ3v) is 7.49. The van der Waals surface area contributed by atoms with E-state index in [1.807, 2.05) is 0 Å². The van der Waals surface area contributed by atoms with E-state index in [1.54, 1.807) is 59.5 Å². The highest BCUT2D eigenvalue weighted by molar-refractivity contribution is 7.92. The number of ether oxygens (including phenoxy) is 1. The molecule has 176 valence electrons. The van der Waals surface area contributed by atoms with Gasteiger partial charge in [0, 0.05) is 25.6 Å². The van der Waals surface area contributed by atoms with E-state index in [1.165, 1.54) is 32.4 Å². The summed E-state index contributed by atoms with van der Waals surface area (Å²) < 4.78 is 32.7. The maximum Gasteiger partial charge on any atom is 0.264 e. The first-order valence-corrected chi connectivity index (χ1v) is 12.2. The van der Waals surface area contributed by atoms with Crippen LogP contribution in [0.25, 0.3) is 0 Å². The molecule has 3 aromatic carbocycles. The number of benzene rings is 3. The van der Waals surface area contributed by atoms with Crippen LogP contribution in [-0.2, 0) is 14.8 Å². The summed E-state index contributed by atoms with van der Waals surface area (Å²) in [6.07, 6.45) is 1.24. The van der Waals surface area contributed by atoms with E-state index >= 15 is 0 Å². The average Bonchev–Trinajstić information content (AvgIpc) is 3.29. The maximum absolute atomic E-state index is 13.2. The number of sulfonamides is 1. The van der Waals surface area contributed by atoms with Gasteiger partial charge in [-0.1, -0.05) is 18.2 Å². The van der Waals surface area contributed by atoms with Crippen LogP contribution < -0.4 is 19.3 Å². The van der Waals surface area contributed by atoms with Gasteiger partial charge in [0.05, 0.1) is 29.1 Å². The fourth-order valence-electron chi connectivity index (χ4n) is 3.80. The van der Waals surface area contributed by atoms with Crippen molar-refractivity contribution >= 4 is 38.9 Å². The van der Waals surface area contributed by atoms with E-state index in [0.29, 0.717) is 35.8 Å². The van der Waals surface area contributed by atoms with Gasteiger partial charge in [-0.05, 0) is 61.0 Å². The average molecular weight is 480 g/mol. The number of anilines is 3. The first-order chi connectivity index (χ1) is 16.3. The molecule has 0 radical (unpaired) electrons. The Morgan fingerprint density at radius 3 is 2.44 bits per heavy atom. The van der Waals surface area contributed by atoms with Gasteiger partial charge in [-0.2, -0.15) is 0 Å². The van der Waals surface area contributed by atoms with Crippen molar-refractivity contribution in [1.29, 1.82) is 0 Å². The Kier molecular flexibility index (Phi) is 6.56. The Hall–Kier alpha value is -3.85. The van der Waals surface area contributed by atoms with Gasteiger partial charge in [0.15, 0.2) is 0 Å². The lowest BCUT2D eigenvalue weighted by molar-refractivity contribution is -0.117. The Labute approximate surface area is 198 Å². The fraction of sp³-hybridized carbons (Fsp3) is 0.200. The number of methoxy groups -OCH3 is 1. The van der Waals surface area contributed by atoms with Crippen LogP contribution in [0, 0.1) is 0 Å². The summed E-state index contributed by atoms with van der Waals surface area (Å²) in [5, 5.41) is 2.82. The second-order valence-corrected chi connectivity index (χ2v) is 9.79. The number of hydrogen-bond acceptors (Lipinski definition) is 5. The van der Waals surface area contributed by atoms with Gasteiger partial charge in [-0.15, -0.1) is 0 Å². The summed E-state index contributed by atoms with van der Waals surface area (Å²) in [5.41, 5.74) is 1.76. The Morgan fingerprint density at radius 1 is 1.03 bits per heavy atom. The van der Waals surface area contributed by atoms with E-state index in [2.05, 4.69) is 5.32 Å². The molecule has 1 aliphatic rings. The van der Waals surface area contributed by atoms with Gasteiger partial charge in [-0.3, -0.25) is 13.9 Å². The number of carbonyl (C=O) groups excluding carboxylic acids is 2. The Bertz CT molecular complexity index is 1320. The minimum atomic E-state index is -3.91. The molecular formula is C25H25N3O5S. The second kappa shape index (κ2) is 9.56. The number of rotatable bonds is 7. The molecule has 9 heteroatoms. The second-order valence-electron chi connectivity index (χ2n) is 7.82. The summed E-state index contributed by atoms with van der Waals surface area (Å²) >= 11 is 0. The molecule has 1 fully saturated rings. The molecule has 0 aromatic heterocycles. The zero-order valence-corrected chi connectivity index (χ0v) is 19.7. The molecular weight excluding hydrogens is 454 g/mol. The zero-order valence-electron chi connectivity index (χ0n) is 18.9. The summed E-state index contributed by atoms with van der Waals surface area (Å²) in [4.78, 5) is 26.8. The van der Waals surface area contributed by atoms with Crippen molar-refractivity contribution in [3.8, 4) is 5.75 Å². The lowest BCUT2D eigenvalue weighted by Crippen LogP contribution is -2.27. The highest BCUT2D eigenvalue weighted by Gasteiger charge is 2.25. The fourth-order valence-corrected chi connectivity index (χ4v) is 5.04. The topological polar surface area (TPSA) is 96.0 Å². The van der Waals surface area contributed by atoms with Crippen molar-refractivity contribution in [1.82, 2.24) is 0 Å². The van der Waals surface area contributed by atoms with E-state index in [0.717, 1.165) is 10.7 Å². The highest BCUT2D eigenvalue weighted by Crippen LogP contribution is 2.30. The smallest absolute Gasteiger partial charge is 0.264 e. The van der Waals surface area contributed by atoms with Crippen molar-refractivity contribution < 1.29 is 22.7 Å². The van der Waals surface area contributed by atoms with Gasteiger partial charge in [-0.25, -0.2) is 8.42 Å². The third kappa shape index (κ3) is 4.60. The van der Waals surface area contributed by atoms with Crippen LogP contribution in [0.5, 0.6) is 5.75 Å². The normalized spacial score (nSPS) is 13.6. The molecule has 3 aromatic rings. The predicted octanol–water partition coefficient (Wildman–Crippen LogP) is 3.90. The molecule has 0 bridgehead atoms. The van der Waals surface area contributed by atoms with Crippen LogP contribution in [0.2, 0.25) is 0 Å². The predicted molar refractivity (Wildman–Crippen MR) is 131 cm³/mol. The van der Waals surface area contributed by atoms with E-state index in [-0.39, 0.29) is 16.4 Å². The molecule has 34 heavy (non-hydrogen) atoms. The Morgan fingerprint density at radius 2 is 1.76 bits per heavy atom. The molecule has 8 nitrogen and oxygen atoms in total. The van der Waals surface area contributed by atoms with Crippen molar-refractivity contribution in [3.63, 3.8) is 0 Å². The number of para-hydroxylation sites is 2. The van der Waals surface area contributed by atoms with E-state index < -0.39 is 15.9 Å². The number of hydrogen-bond donors (Lipinski definition) is 1. The van der Waals surface area contributed by atoms with Gasteiger partial charge >= 0.3 is 0 Å². The molecule has 0 saturated carbocycles. The first kappa shape index (κ1) is 23.3. The van der Waals surface area contributed by atoms with Gasteiger partial charge in [0.2, 0.25) is 5.91 Å². The quantitative estimate of drug-likeness (QED) is 0.555. The summed E-state index contributed by atoms with van der Waals surface area (Å²) in [5.74, 6) is 0.156. The number of carbonyl (C=O) groups is 2. The van der Waals surface area contributed by atoms with E-state index in [9.17, 15) is 18.0 Å². The lowest BCUT2D eigenvalue weighted by Gasteiger charge is -2.21. The largest absolute Gasteiger partial charge is 0.497 e. The van der Waals surface area contributed by atoms with Crippen LogP contribution in [0.1, 0.15) is 23.2 Å². The minimum absolute atomic E-state index is 0.0105. The molecule has 1 heterocycles. The van der Waals surface area contributed by atoms with Crippen molar-refractivity contribution in [2.24, 2.45) is 0 Å². The van der Waals surface area contributed by atoms with Crippen LogP contribution in [-0.4, -0.2) is 40.9 Å². The van der Waals surface area contributed by atoms with Gasteiger partial charge < -0.3 is 15.0 Å². The zero-order chi connectivity index (χ0) is 24.3. The number of nitrogens with one attached hydrogen (secondary N) is 1. The highest BCUT2D eigenvalue weighted by atomic mass is 32.2. The van der Waals surface area contributed by atoms with Crippen LogP contribution in [0.15, 0.2) is 77.7 Å². The van der Waals surface area contributed by atoms with Crippen LogP contribution in [0.3, 0.4) is 0 Å². The summed E-state index contributed by atoms with van der Waals surface area (Å²) in [7, 11) is -0.923. The minimum Gasteiger partial charge on any atom is -0.497 e. The third-order valence-electron chi connectivity index (χ3n) is 5.71. The molecule has 0 spiro atoms. The Balaban J connectivity index is 1.58.